The summed E-state index contributed by atoms with van der Waals surface area (Å²) in [4.78, 5) is 2.89. The SMILES string of the molecule is CCCCc1ccc(-c2c[nH]c(N)c2C#N)cc1. The molecule has 3 nitrogen and oxygen atoms in total. The standard InChI is InChI=1S/C15H17N3/c1-2-3-4-11-5-7-12(8-6-11)14-10-18-15(17)13(14)9-16/h5-8,10,18H,2-4,17H2,1H3. The van der Waals surface area contributed by atoms with Crippen molar-refractivity contribution in [2.24, 2.45) is 0 Å². The number of anilines is 1. The number of hydrogen-bond donors (Lipinski definition) is 2. The smallest absolute Gasteiger partial charge is 0.119 e. The number of aryl methyl sites for hydroxylation is 1. The number of aromatic amines is 1. The maximum Gasteiger partial charge on any atom is 0.119 e. The Morgan fingerprint density at radius 2 is 2.00 bits per heavy atom. The molecule has 18 heavy (non-hydrogen) atoms. The lowest BCUT2D eigenvalue weighted by molar-refractivity contribution is 0.795. The highest BCUT2D eigenvalue weighted by molar-refractivity contribution is 5.75. The summed E-state index contributed by atoms with van der Waals surface area (Å²) in [6.45, 7) is 2.19. The minimum absolute atomic E-state index is 0.433. The minimum atomic E-state index is 0.433. The van der Waals surface area contributed by atoms with Crippen LogP contribution < -0.4 is 5.73 Å². The summed E-state index contributed by atoms with van der Waals surface area (Å²) < 4.78 is 0. The normalized spacial score (nSPS) is 10.2. The number of nitrogens with zero attached hydrogens (tertiary/aromatic N) is 1. The number of nitriles is 1. The predicted octanol–water partition coefficient (Wildman–Crippen LogP) is 3.48. The van der Waals surface area contributed by atoms with E-state index in [9.17, 15) is 0 Å². The van der Waals surface area contributed by atoms with E-state index in [0.29, 0.717) is 11.4 Å². The Morgan fingerprint density at radius 1 is 1.28 bits per heavy atom. The number of hydrogen-bond acceptors (Lipinski definition) is 2. The summed E-state index contributed by atoms with van der Waals surface area (Å²) in [5, 5.41) is 9.07. The Labute approximate surface area is 107 Å². The lowest BCUT2D eigenvalue weighted by Crippen LogP contribution is -1.88. The van der Waals surface area contributed by atoms with Crippen LogP contribution in [0.1, 0.15) is 30.9 Å². The van der Waals surface area contributed by atoms with Crippen molar-refractivity contribution < 1.29 is 0 Å². The van der Waals surface area contributed by atoms with Crippen molar-refractivity contribution in [2.75, 3.05) is 5.73 Å². The Hall–Kier alpha value is -2.21. The lowest BCUT2D eigenvalue weighted by atomic mass is 10.0. The molecule has 3 N–H and O–H groups in total. The maximum atomic E-state index is 9.07. The molecule has 0 fully saturated rings. The highest BCUT2D eigenvalue weighted by Crippen LogP contribution is 2.27. The van der Waals surface area contributed by atoms with Crippen molar-refractivity contribution in [3.63, 3.8) is 0 Å². The molecule has 3 heteroatoms. The molecule has 1 aromatic heterocycles. The fraction of sp³-hybridized carbons (Fsp3) is 0.267. The van der Waals surface area contributed by atoms with E-state index < -0.39 is 0 Å². The first-order valence-corrected chi connectivity index (χ1v) is 6.22. The number of nitrogens with two attached hydrogens (primary N) is 1. The second kappa shape index (κ2) is 5.42. The van der Waals surface area contributed by atoms with Crippen LogP contribution in [0.5, 0.6) is 0 Å². The van der Waals surface area contributed by atoms with Crippen LogP contribution in [0.15, 0.2) is 30.5 Å². The van der Waals surface area contributed by atoms with Crippen LogP contribution in [-0.4, -0.2) is 4.98 Å². The Morgan fingerprint density at radius 3 is 2.61 bits per heavy atom. The van der Waals surface area contributed by atoms with Gasteiger partial charge in [-0.25, -0.2) is 0 Å². The first kappa shape index (κ1) is 12.3. The fourth-order valence-electron chi connectivity index (χ4n) is 2.02. The van der Waals surface area contributed by atoms with E-state index in [4.69, 9.17) is 11.0 Å². The van der Waals surface area contributed by atoms with Gasteiger partial charge >= 0.3 is 0 Å². The lowest BCUT2D eigenvalue weighted by Gasteiger charge is -2.03. The minimum Gasteiger partial charge on any atom is -0.384 e. The zero-order valence-electron chi connectivity index (χ0n) is 10.5. The van der Waals surface area contributed by atoms with Gasteiger partial charge in [-0.1, -0.05) is 37.6 Å². The molecule has 0 spiro atoms. The molecule has 0 saturated carbocycles. The summed E-state index contributed by atoms with van der Waals surface area (Å²) in [6.07, 6.45) is 5.31. The number of benzene rings is 1. The molecule has 0 aliphatic rings. The summed E-state index contributed by atoms with van der Waals surface area (Å²) in [5.74, 6) is 0.433. The highest BCUT2D eigenvalue weighted by Gasteiger charge is 2.09. The van der Waals surface area contributed by atoms with Gasteiger partial charge in [0.2, 0.25) is 0 Å². The van der Waals surface area contributed by atoms with Crippen molar-refractivity contribution in [1.82, 2.24) is 4.98 Å². The largest absolute Gasteiger partial charge is 0.384 e. The van der Waals surface area contributed by atoms with Gasteiger partial charge in [-0.3, -0.25) is 0 Å². The van der Waals surface area contributed by atoms with E-state index in [1.165, 1.54) is 18.4 Å². The maximum absolute atomic E-state index is 9.07. The Kier molecular flexibility index (Phi) is 3.69. The summed E-state index contributed by atoms with van der Waals surface area (Å²) in [5.41, 5.74) is 9.47. The molecule has 1 aromatic carbocycles. The Bertz CT molecular complexity index is 558. The summed E-state index contributed by atoms with van der Waals surface area (Å²) in [6, 6.07) is 10.5. The van der Waals surface area contributed by atoms with Gasteiger partial charge in [0.05, 0.1) is 0 Å². The third kappa shape index (κ3) is 2.38. The first-order chi connectivity index (χ1) is 8.76. The molecular weight excluding hydrogens is 222 g/mol. The molecule has 0 aliphatic carbocycles. The van der Waals surface area contributed by atoms with Crippen molar-refractivity contribution in [1.29, 1.82) is 5.26 Å². The van der Waals surface area contributed by atoms with Crippen molar-refractivity contribution in [2.45, 2.75) is 26.2 Å². The second-order valence-corrected chi connectivity index (χ2v) is 4.40. The van der Waals surface area contributed by atoms with Gasteiger partial charge in [-0.05, 0) is 24.0 Å². The fourth-order valence-corrected chi connectivity index (χ4v) is 2.02. The van der Waals surface area contributed by atoms with Crippen molar-refractivity contribution >= 4 is 5.82 Å². The molecule has 92 valence electrons. The van der Waals surface area contributed by atoms with Crippen LogP contribution in [0.4, 0.5) is 5.82 Å². The number of rotatable bonds is 4. The monoisotopic (exact) mass is 239 g/mol. The van der Waals surface area contributed by atoms with E-state index >= 15 is 0 Å². The van der Waals surface area contributed by atoms with Crippen LogP contribution in [0, 0.1) is 11.3 Å². The molecule has 0 atom stereocenters. The van der Waals surface area contributed by atoms with Crippen molar-refractivity contribution in [3.8, 4) is 17.2 Å². The van der Waals surface area contributed by atoms with E-state index in [2.05, 4.69) is 42.2 Å². The van der Waals surface area contributed by atoms with Crippen LogP contribution in [0.3, 0.4) is 0 Å². The zero-order chi connectivity index (χ0) is 13.0. The van der Waals surface area contributed by atoms with E-state index in [0.717, 1.165) is 17.5 Å². The van der Waals surface area contributed by atoms with E-state index in [-0.39, 0.29) is 0 Å². The van der Waals surface area contributed by atoms with Gasteiger partial charge in [-0.2, -0.15) is 5.26 Å². The third-order valence-electron chi connectivity index (χ3n) is 3.11. The van der Waals surface area contributed by atoms with Crippen LogP contribution >= 0.6 is 0 Å². The van der Waals surface area contributed by atoms with E-state index in [1.807, 2.05) is 0 Å². The molecule has 0 saturated heterocycles. The highest BCUT2D eigenvalue weighted by atomic mass is 14.8. The van der Waals surface area contributed by atoms with Crippen LogP contribution in [0.2, 0.25) is 0 Å². The van der Waals surface area contributed by atoms with Gasteiger partial charge in [0.15, 0.2) is 0 Å². The van der Waals surface area contributed by atoms with Gasteiger partial charge in [0, 0.05) is 11.8 Å². The first-order valence-electron chi connectivity index (χ1n) is 6.22. The predicted molar refractivity (Wildman–Crippen MR) is 74.0 cm³/mol. The summed E-state index contributed by atoms with van der Waals surface area (Å²) >= 11 is 0. The Balaban J connectivity index is 2.26. The number of H-pyrrole nitrogens is 1. The van der Waals surface area contributed by atoms with Gasteiger partial charge in [0.1, 0.15) is 17.5 Å². The van der Waals surface area contributed by atoms with Gasteiger partial charge in [-0.15, -0.1) is 0 Å². The second-order valence-electron chi connectivity index (χ2n) is 4.40. The quantitative estimate of drug-likeness (QED) is 0.857. The molecular formula is C15H17N3. The zero-order valence-corrected chi connectivity index (χ0v) is 10.5. The van der Waals surface area contributed by atoms with E-state index in [1.54, 1.807) is 6.20 Å². The number of nitrogen functional groups attached to an aromatic ring is 1. The van der Waals surface area contributed by atoms with Crippen LogP contribution in [0.25, 0.3) is 11.1 Å². The number of aromatic nitrogens is 1. The molecule has 2 rings (SSSR count). The third-order valence-corrected chi connectivity index (χ3v) is 3.11. The van der Waals surface area contributed by atoms with Crippen LogP contribution in [-0.2, 0) is 6.42 Å². The number of unbranched alkanes of at least 4 members (excludes halogenated alkanes) is 1. The molecule has 0 unspecified atom stereocenters. The van der Waals surface area contributed by atoms with Gasteiger partial charge < -0.3 is 10.7 Å². The summed E-state index contributed by atoms with van der Waals surface area (Å²) in [7, 11) is 0. The van der Waals surface area contributed by atoms with Crippen molar-refractivity contribution in [3.05, 3.63) is 41.6 Å². The average Bonchev–Trinajstić information content (AvgIpc) is 2.78. The molecule has 0 bridgehead atoms. The molecule has 0 amide bonds. The molecule has 2 aromatic rings. The number of nitrogens with one attached hydrogen (secondary N) is 1. The molecule has 1 heterocycles. The average molecular weight is 239 g/mol. The topological polar surface area (TPSA) is 65.6 Å². The molecule has 0 radical (unpaired) electrons. The molecule has 0 aliphatic heterocycles. The van der Waals surface area contributed by atoms with Gasteiger partial charge in [0.25, 0.3) is 0 Å².